The molecule has 1 aliphatic carbocycles. The number of carbonyl (C=O) groups excluding carboxylic acids is 2. The first kappa shape index (κ1) is 28.6. The summed E-state index contributed by atoms with van der Waals surface area (Å²) >= 11 is 0. The Hall–Kier alpha value is -2.39. The number of rotatable bonds is 9. The Morgan fingerprint density at radius 2 is 1.87 bits per heavy atom. The number of aromatic nitrogens is 2. The zero-order valence-corrected chi connectivity index (χ0v) is 25.1. The van der Waals surface area contributed by atoms with Crippen molar-refractivity contribution in [3.8, 4) is 0 Å². The molecule has 2 aliphatic rings. The number of fused-ring (bicyclic) bond motifs is 1. The summed E-state index contributed by atoms with van der Waals surface area (Å²) in [5.74, 6) is 0.288. The number of ketones is 1. The second kappa shape index (κ2) is 11.8. The van der Waals surface area contributed by atoms with E-state index in [0.29, 0.717) is 26.4 Å². The summed E-state index contributed by atoms with van der Waals surface area (Å²) in [7, 11) is -1.19. The minimum Gasteiger partial charge on any atom is -0.444 e. The number of amides is 1. The molecule has 0 radical (unpaired) electrons. The van der Waals surface area contributed by atoms with E-state index >= 15 is 0 Å². The van der Waals surface area contributed by atoms with Crippen molar-refractivity contribution >= 4 is 36.7 Å². The summed E-state index contributed by atoms with van der Waals surface area (Å²) < 4.78 is 13.7. The van der Waals surface area contributed by atoms with E-state index in [1.54, 1.807) is 11.1 Å². The fourth-order valence-corrected chi connectivity index (χ4v) is 6.13. The molecular formula is C29H46N4O4Si. The van der Waals surface area contributed by atoms with E-state index in [0.717, 1.165) is 66.9 Å². The molecule has 1 saturated heterocycles. The maximum Gasteiger partial charge on any atom is 0.410 e. The highest BCUT2D eigenvalue weighted by Crippen LogP contribution is 2.35. The van der Waals surface area contributed by atoms with Gasteiger partial charge in [-0.1, -0.05) is 32.5 Å². The second-order valence-electron chi connectivity index (χ2n) is 13.2. The van der Waals surface area contributed by atoms with Crippen LogP contribution >= 0.6 is 0 Å². The molecule has 1 saturated carbocycles. The smallest absolute Gasteiger partial charge is 0.410 e. The van der Waals surface area contributed by atoms with Crippen LogP contribution in [0.1, 0.15) is 69.7 Å². The standard InChI is InChI=1S/C29H46N4O4Si/c1-29(2,3)37-28(35)32-15-9-12-22(18-32)31-24-13-14-30-27-25(24)23(26(34)21-10-7-8-11-21)19-33(27)20-36-16-17-38(4,5)6/h13-14,19,21-22H,7-12,15-18,20H2,1-6H3,(H,30,31)/t22-/m1/s1. The summed E-state index contributed by atoms with van der Waals surface area (Å²) in [6.07, 6.45) is 9.43. The first-order chi connectivity index (χ1) is 17.9. The molecule has 2 aromatic rings. The van der Waals surface area contributed by atoms with Gasteiger partial charge in [-0.25, -0.2) is 9.78 Å². The lowest BCUT2D eigenvalue weighted by molar-refractivity contribution is 0.0206. The largest absolute Gasteiger partial charge is 0.444 e. The molecule has 1 amide bonds. The molecule has 1 N–H and O–H groups in total. The predicted octanol–water partition coefficient (Wildman–Crippen LogP) is 6.53. The van der Waals surface area contributed by atoms with Crippen molar-refractivity contribution in [2.24, 2.45) is 5.92 Å². The normalized spacial score (nSPS) is 19.2. The molecule has 0 unspecified atom stereocenters. The van der Waals surface area contributed by atoms with Crippen molar-refractivity contribution in [1.29, 1.82) is 0 Å². The van der Waals surface area contributed by atoms with Crippen LogP contribution in [0.25, 0.3) is 11.0 Å². The van der Waals surface area contributed by atoms with Gasteiger partial charge in [-0.3, -0.25) is 4.79 Å². The van der Waals surface area contributed by atoms with Crippen LogP contribution in [0, 0.1) is 5.92 Å². The Labute approximate surface area is 228 Å². The zero-order valence-electron chi connectivity index (χ0n) is 24.1. The molecule has 2 fully saturated rings. The molecular weight excluding hydrogens is 496 g/mol. The average Bonchev–Trinajstić information content (AvgIpc) is 3.49. The number of pyridine rings is 1. The fourth-order valence-electron chi connectivity index (χ4n) is 5.38. The number of nitrogens with zero attached hydrogens (tertiary/aromatic N) is 3. The van der Waals surface area contributed by atoms with Crippen LogP contribution in [-0.4, -0.2) is 65.7 Å². The number of anilines is 1. The maximum absolute atomic E-state index is 13.7. The van der Waals surface area contributed by atoms with Gasteiger partial charge in [0, 0.05) is 63.4 Å². The van der Waals surface area contributed by atoms with Gasteiger partial charge in [-0.2, -0.15) is 0 Å². The van der Waals surface area contributed by atoms with Gasteiger partial charge in [-0.05, 0) is 58.6 Å². The topological polar surface area (TPSA) is 85.7 Å². The van der Waals surface area contributed by atoms with Crippen molar-refractivity contribution in [2.45, 2.75) is 103 Å². The number of likely N-dealkylation sites (tertiary alicyclic amines) is 1. The van der Waals surface area contributed by atoms with Gasteiger partial charge in [0.25, 0.3) is 0 Å². The highest BCUT2D eigenvalue weighted by atomic mass is 28.3. The van der Waals surface area contributed by atoms with Crippen LogP contribution < -0.4 is 5.32 Å². The van der Waals surface area contributed by atoms with Crippen molar-refractivity contribution in [2.75, 3.05) is 25.0 Å². The van der Waals surface area contributed by atoms with E-state index in [1.165, 1.54) is 0 Å². The summed E-state index contributed by atoms with van der Waals surface area (Å²) in [4.78, 5) is 32.9. The van der Waals surface area contributed by atoms with E-state index in [4.69, 9.17) is 14.5 Å². The van der Waals surface area contributed by atoms with E-state index in [1.807, 2.05) is 37.6 Å². The second-order valence-corrected chi connectivity index (χ2v) is 18.8. The molecule has 2 aromatic heterocycles. The molecule has 3 heterocycles. The molecule has 4 rings (SSSR count). The molecule has 0 bridgehead atoms. The third kappa shape index (κ3) is 7.37. The molecule has 9 heteroatoms. The Kier molecular flexibility index (Phi) is 8.87. The third-order valence-electron chi connectivity index (χ3n) is 7.41. The molecule has 0 aromatic carbocycles. The summed E-state index contributed by atoms with van der Waals surface area (Å²) in [5, 5.41) is 4.54. The Balaban J connectivity index is 1.58. The van der Waals surface area contributed by atoms with Crippen LogP contribution in [0.4, 0.5) is 10.5 Å². The predicted molar refractivity (Wildman–Crippen MR) is 155 cm³/mol. The number of nitrogens with one attached hydrogen (secondary N) is 1. The third-order valence-corrected chi connectivity index (χ3v) is 9.11. The van der Waals surface area contributed by atoms with E-state index in [-0.39, 0.29) is 23.8 Å². The summed E-state index contributed by atoms with van der Waals surface area (Å²) in [5.41, 5.74) is 1.87. The lowest BCUT2D eigenvalue weighted by atomic mass is 9.95. The van der Waals surface area contributed by atoms with Gasteiger partial charge in [-0.15, -0.1) is 0 Å². The monoisotopic (exact) mass is 542 g/mol. The minimum absolute atomic E-state index is 0.0626. The van der Waals surface area contributed by atoms with E-state index in [2.05, 4.69) is 25.0 Å². The molecule has 0 spiro atoms. The van der Waals surface area contributed by atoms with Crippen molar-refractivity contribution in [3.63, 3.8) is 0 Å². The summed E-state index contributed by atoms with van der Waals surface area (Å²) in [6.45, 7) is 15.0. The van der Waals surface area contributed by atoms with Crippen LogP contribution in [0.2, 0.25) is 25.7 Å². The highest BCUT2D eigenvalue weighted by molar-refractivity contribution is 6.76. The lowest BCUT2D eigenvalue weighted by Crippen LogP contribution is -2.47. The molecule has 1 aliphatic heterocycles. The van der Waals surface area contributed by atoms with Gasteiger partial charge in [0.2, 0.25) is 0 Å². The van der Waals surface area contributed by atoms with Crippen LogP contribution in [0.3, 0.4) is 0 Å². The van der Waals surface area contributed by atoms with E-state index in [9.17, 15) is 9.59 Å². The molecule has 8 nitrogen and oxygen atoms in total. The molecule has 210 valence electrons. The molecule has 1 atom stereocenters. The first-order valence-electron chi connectivity index (χ1n) is 14.3. The van der Waals surface area contributed by atoms with Gasteiger partial charge < -0.3 is 24.3 Å². The number of hydrogen-bond acceptors (Lipinski definition) is 6. The number of ether oxygens (including phenoxy) is 2. The number of piperidine rings is 1. The Morgan fingerprint density at radius 3 is 2.55 bits per heavy atom. The van der Waals surface area contributed by atoms with Crippen LogP contribution in [0.5, 0.6) is 0 Å². The lowest BCUT2D eigenvalue weighted by Gasteiger charge is -2.35. The van der Waals surface area contributed by atoms with Gasteiger partial charge in [0.15, 0.2) is 5.78 Å². The quantitative estimate of drug-likeness (QED) is 0.220. The maximum atomic E-state index is 13.7. The van der Waals surface area contributed by atoms with Gasteiger partial charge in [0.1, 0.15) is 18.0 Å². The Bertz CT molecular complexity index is 1130. The Morgan fingerprint density at radius 1 is 1.13 bits per heavy atom. The summed E-state index contributed by atoms with van der Waals surface area (Å²) in [6, 6.07) is 3.11. The van der Waals surface area contributed by atoms with Crippen molar-refractivity contribution < 1.29 is 19.1 Å². The van der Waals surface area contributed by atoms with Crippen LogP contribution in [0.15, 0.2) is 18.5 Å². The minimum atomic E-state index is -1.19. The van der Waals surface area contributed by atoms with Crippen molar-refractivity contribution in [3.05, 3.63) is 24.0 Å². The number of hydrogen-bond donors (Lipinski definition) is 1. The van der Waals surface area contributed by atoms with Crippen molar-refractivity contribution in [1.82, 2.24) is 14.5 Å². The zero-order chi connectivity index (χ0) is 27.5. The van der Waals surface area contributed by atoms with Gasteiger partial charge >= 0.3 is 6.09 Å². The SMILES string of the molecule is CC(C)(C)OC(=O)N1CCC[C@@H](Nc2ccnc3c2c(C(=O)C2CCCC2)cn3COCC[Si](C)(C)C)C1. The highest BCUT2D eigenvalue weighted by Gasteiger charge is 2.30. The first-order valence-corrected chi connectivity index (χ1v) is 18.0. The number of carbonyl (C=O) groups is 2. The molecule has 38 heavy (non-hydrogen) atoms. The average molecular weight is 543 g/mol. The fraction of sp³-hybridized carbons (Fsp3) is 0.690. The van der Waals surface area contributed by atoms with Gasteiger partial charge in [0.05, 0.1) is 5.39 Å². The number of Topliss-reactive ketones (excluding diaryl/α,β-unsaturated/α-hetero) is 1. The van der Waals surface area contributed by atoms with Crippen LogP contribution in [-0.2, 0) is 16.2 Å². The van der Waals surface area contributed by atoms with E-state index < -0.39 is 13.7 Å².